The Morgan fingerprint density at radius 3 is 2.68 bits per heavy atom. The van der Waals surface area contributed by atoms with Crippen molar-refractivity contribution in [1.82, 2.24) is 19.7 Å². The summed E-state index contributed by atoms with van der Waals surface area (Å²) >= 11 is 1.71. The van der Waals surface area contributed by atoms with E-state index in [2.05, 4.69) is 65.2 Å². The van der Waals surface area contributed by atoms with Gasteiger partial charge in [-0.2, -0.15) is 0 Å². The number of fused-ring (bicyclic) bond motifs is 2. The Bertz CT molecular complexity index is 1150. The molecule has 1 fully saturated rings. The number of rotatable bonds is 2. The first kappa shape index (κ1) is 20.2. The van der Waals surface area contributed by atoms with E-state index in [0.29, 0.717) is 0 Å². The van der Waals surface area contributed by atoms with Crippen LogP contribution in [0.5, 0.6) is 0 Å². The summed E-state index contributed by atoms with van der Waals surface area (Å²) in [5, 5.41) is 1.07. The average molecular weight is 433 g/mol. The van der Waals surface area contributed by atoms with Gasteiger partial charge in [-0.3, -0.25) is 9.69 Å². The van der Waals surface area contributed by atoms with Crippen molar-refractivity contribution >= 4 is 33.0 Å². The van der Waals surface area contributed by atoms with Crippen molar-refractivity contribution in [1.29, 1.82) is 0 Å². The van der Waals surface area contributed by atoms with Gasteiger partial charge in [0.05, 0.1) is 20.9 Å². The smallest absolute Gasteiger partial charge is 0.255 e. The maximum atomic E-state index is 13.4. The molecule has 0 spiro atoms. The van der Waals surface area contributed by atoms with Crippen LogP contribution in [0.1, 0.15) is 23.9 Å². The largest absolute Gasteiger partial charge is 0.368 e. The van der Waals surface area contributed by atoms with Crippen LogP contribution in [0.4, 0.5) is 0 Å². The number of carbonyl (C=O) groups is 1. The normalized spacial score (nSPS) is 22.6. The quantitative estimate of drug-likeness (QED) is 0.705. The lowest BCUT2D eigenvalue weighted by Crippen LogP contribution is -2.44. The molecule has 1 amide bonds. The monoisotopic (exact) mass is 432 g/mol. The number of hydrogen-bond donors (Lipinski definition) is 0. The highest BCUT2D eigenvalue weighted by Gasteiger charge is 2.25. The third-order valence-electron chi connectivity index (χ3n) is 6.39. The highest BCUT2D eigenvalue weighted by atomic mass is 32.1. The Hall–Kier alpha value is -2.70. The summed E-state index contributed by atoms with van der Waals surface area (Å²) in [6.07, 6.45) is 11.2. The zero-order valence-electron chi connectivity index (χ0n) is 18.3. The summed E-state index contributed by atoms with van der Waals surface area (Å²) in [6, 6.07) is 6.38. The minimum atomic E-state index is 0.0123. The molecule has 1 saturated heterocycles. The van der Waals surface area contributed by atoms with Crippen molar-refractivity contribution in [3.05, 3.63) is 70.7 Å². The van der Waals surface area contributed by atoms with Gasteiger partial charge in [0, 0.05) is 44.2 Å². The highest BCUT2D eigenvalue weighted by molar-refractivity contribution is 7.18. The Morgan fingerprint density at radius 2 is 1.87 bits per heavy atom. The van der Waals surface area contributed by atoms with Gasteiger partial charge in [-0.25, -0.2) is 4.98 Å². The number of aryl methyl sites for hydroxylation is 1. The fourth-order valence-corrected chi connectivity index (χ4v) is 5.28. The molecule has 1 aromatic heterocycles. The summed E-state index contributed by atoms with van der Waals surface area (Å²) < 4.78 is 1.19. The van der Waals surface area contributed by atoms with Gasteiger partial charge in [0.15, 0.2) is 0 Å². The number of benzene rings is 1. The molecule has 3 aliphatic rings. The van der Waals surface area contributed by atoms with Gasteiger partial charge >= 0.3 is 0 Å². The third-order valence-corrected chi connectivity index (χ3v) is 7.34. The number of piperazine rings is 1. The van der Waals surface area contributed by atoms with Crippen molar-refractivity contribution in [3.8, 4) is 0 Å². The molecule has 160 valence electrons. The highest BCUT2D eigenvalue weighted by Crippen LogP contribution is 2.33. The van der Waals surface area contributed by atoms with Gasteiger partial charge in [0.1, 0.15) is 0 Å². The Morgan fingerprint density at radius 1 is 1.10 bits per heavy atom. The molecule has 0 N–H and O–H groups in total. The first-order valence-corrected chi connectivity index (χ1v) is 11.8. The first-order valence-electron chi connectivity index (χ1n) is 10.9. The number of amides is 1. The van der Waals surface area contributed by atoms with E-state index < -0.39 is 0 Å². The summed E-state index contributed by atoms with van der Waals surface area (Å²) in [5.74, 6) is 0.269. The van der Waals surface area contributed by atoms with E-state index >= 15 is 0 Å². The van der Waals surface area contributed by atoms with Crippen LogP contribution in [0.3, 0.4) is 0 Å². The number of nitrogens with zero attached hydrogens (tertiary/aromatic N) is 4. The van der Waals surface area contributed by atoms with Crippen molar-refractivity contribution < 1.29 is 4.79 Å². The van der Waals surface area contributed by atoms with Crippen LogP contribution >= 0.6 is 11.3 Å². The van der Waals surface area contributed by atoms with Crippen LogP contribution in [0, 0.1) is 12.8 Å². The standard InChI is InChI=1S/C25H28N4OS/c1-17-4-6-20-7-8-21(28-12-10-27(3)11-13-28)16-29(20)25(30)15-22(17)19-5-9-24-23(14-19)26-18(2)31-24/h5-9,14-17H,4,10-13H2,1-3H3. The van der Waals surface area contributed by atoms with E-state index in [1.807, 2.05) is 24.1 Å². The lowest BCUT2D eigenvalue weighted by molar-refractivity contribution is -0.122. The van der Waals surface area contributed by atoms with Gasteiger partial charge < -0.3 is 9.80 Å². The third kappa shape index (κ3) is 3.98. The molecule has 0 saturated carbocycles. The Balaban J connectivity index is 1.46. The molecule has 6 heteroatoms. The fraction of sp³-hybridized carbons (Fsp3) is 0.360. The maximum Gasteiger partial charge on any atom is 0.255 e. The van der Waals surface area contributed by atoms with Crippen molar-refractivity contribution in [2.45, 2.75) is 20.3 Å². The summed E-state index contributed by atoms with van der Waals surface area (Å²) in [5.41, 5.74) is 5.26. The lowest BCUT2D eigenvalue weighted by Gasteiger charge is -2.37. The van der Waals surface area contributed by atoms with E-state index in [1.165, 1.54) is 4.70 Å². The second-order valence-corrected chi connectivity index (χ2v) is 9.90. The van der Waals surface area contributed by atoms with E-state index in [-0.39, 0.29) is 11.8 Å². The number of thiazole rings is 1. The lowest BCUT2D eigenvalue weighted by atomic mass is 9.89. The zero-order valence-corrected chi connectivity index (χ0v) is 19.2. The van der Waals surface area contributed by atoms with E-state index in [1.54, 1.807) is 11.3 Å². The van der Waals surface area contributed by atoms with Gasteiger partial charge in [-0.1, -0.05) is 19.1 Å². The van der Waals surface area contributed by atoms with Crippen molar-refractivity contribution in [2.75, 3.05) is 33.2 Å². The molecule has 0 bridgehead atoms. The molecule has 5 nitrogen and oxygen atoms in total. The number of allylic oxidation sites excluding steroid dienone is 4. The molecule has 1 atom stereocenters. The number of aromatic nitrogens is 1. The second-order valence-electron chi connectivity index (χ2n) is 8.67. The molecule has 3 aliphatic heterocycles. The van der Waals surface area contributed by atoms with Gasteiger partial charge in [-0.15, -0.1) is 11.3 Å². The first-order chi connectivity index (χ1) is 15.0. The minimum absolute atomic E-state index is 0.0123. The Kier molecular flexibility index (Phi) is 5.28. The van der Waals surface area contributed by atoms with E-state index in [4.69, 9.17) is 0 Å². The summed E-state index contributed by atoms with van der Waals surface area (Å²) in [6.45, 7) is 8.29. The Labute approximate surface area is 187 Å². The van der Waals surface area contributed by atoms with Gasteiger partial charge in [0.25, 0.3) is 5.91 Å². The molecular weight excluding hydrogens is 404 g/mol. The number of likely N-dealkylation sites (N-methyl/N-ethyl adjacent to an activating group) is 1. The van der Waals surface area contributed by atoms with Crippen molar-refractivity contribution in [2.24, 2.45) is 5.92 Å². The molecule has 1 aromatic carbocycles. The van der Waals surface area contributed by atoms with Crippen LogP contribution in [0.2, 0.25) is 0 Å². The summed E-state index contributed by atoms with van der Waals surface area (Å²) in [7, 11) is 2.16. The van der Waals surface area contributed by atoms with Crippen LogP contribution in [-0.2, 0) is 4.79 Å². The number of carbonyl (C=O) groups excluding carboxylic acids is 1. The molecule has 1 unspecified atom stereocenters. The molecule has 5 rings (SSSR count). The molecule has 0 aliphatic carbocycles. The fourth-order valence-electron chi connectivity index (χ4n) is 4.47. The predicted molar refractivity (Wildman–Crippen MR) is 127 cm³/mol. The predicted octanol–water partition coefficient (Wildman–Crippen LogP) is 4.40. The molecule has 2 aromatic rings. The van der Waals surface area contributed by atoms with Crippen LogP contribution in [0.25, 0.3) is 15.8 Å². The van der Waals surface area contributed by atoms with Crippen LogP contribution in [-0.4, -0.2) is 58.8 Å². The van der Waals surface area contributed by atoms with Crippen LogP contribution < -0.4 is 0 Å². The second kappa shape index (κ2) is 8.09. The van der Waals surface area contributed by atoms with Gasteiger partial charge in [0.2, 0.25) is 0 Å². The average Bonchev–Trinajstić information content (AvgIpc) is 3.14. The summed E-state index contributed by atoms with van der Waals surface area (Å²) in [4.78, 5) is 24.5. The van der Waals surface area contributed by atoms with Crippen LogP contribution in [0.15, 0.2) is 60.1 Å². The zero-order chi connectivity index (χ0) is 21.5. The SMILES string of the molecule is Cc1nc2cc(C3=CC(=O)N4C=C(N5CCN(C)CC5)C=CC4=CCC3C)ccc2s1. The van der Waals surface area contributed by atoms with E-state index in [9.17, 15) is 4.79 Å². The topological polar surface area (TPSA) is 39.7 Å². The molecule has 4 heterocycles. The molecular formula is C25H28N4OS. The number of hydrogen-bond acceptors (Lipinski definition) is 5. The van der Waals surface area contributed by atoms with E-state index in [0.717, 1.165) is 65.7 Å². The maximum absolute atomic E-state index is 13.4. The van der Waals surface area contributed by atoms with Gasteiger partial charge in [-0.05, 0) is 61.7 Å². The minimum Gasteiger partial charge on any atom is -0.368 e. The molecule has 0 radical (unpaired) electrons. The van der Waals surface area contributed by atoms with Crippen molar-refractivity contribution in [3.63, 3.8) is 0 Å². The molecule has 31 heavy (non-hydrogen) atoms.